The number of rotatable bonds is 13. The van der Waals surface area contributed by atoms with Gasteiger partial charge in [-0.05, 0) is 50.9 Å². The molecule has 9 heteroatoms. The fourth-order valence-corrected chi connectivity index (χ4v) is 11.1. The molecule has 0 aromatic carbocycles. The molecule has 3 fully saturated rings. The highest BCUT2D eigenvalue weighted by Crippen LogP contribution is 2.68. The van der Waals surface area contributed by atoms with Crippen molar-refractivity contribution in [3.63, 3.8) is 0 Å². The van der Waals surface area contributed by atoms with Gasteiger partial charge in [-0.2, -0.15) is 0 Å². The second kappa shape index (κ2) is 12.5. The lowest BCUT2D eigenvalue weighted by Crippen LogP contribution is -2.62. The Labute approximate surface area is 253 Å². The topological polar surface area (TPSA) is 87.1 Å². The smallest absolute Gasteiger partial charge is 0.310 e. The van der Waals surface area contributed by atoms with Crippen molar-refractivity contribution < 1.29 is 24.2 Å². The molecule has 1 N–H and O–H groups in total. The Hall–Kier alpha value is -1.32. The average molecular weight is 642 g/mol. The monoisotopic (exact) mass is 640 g/mol. The summed E-state index contributed by atoms with van der Waals surface area (Å²) in [7, 11) is 0. The first kappa shape index (κ1) is 33.2. The molecule has 0 aromatic heterocycles. The van der Waals surface area contributed by atoms with Gasteiger partial charge in [-0.15, -0.1) is 24.9 Å². The van der Waals surface area contributed by atoms with Crippen LogP contribution < -0.4 is 0 Å². The molecular weight excluding hydrogens is 592 g/mol. The lowest BCUT2D eigenvalue weighted by molar-refractivity contribution is -0.154. The number of fused-ring (bicyclic) bond motifs is 1. The lowest BCUT2D eigenvalue weighted by atomic mass is 9.70. The maximum atomic E-state index is 14.9. The number of esters is 1. The highest BCUT2D eigenvalue weighted by Gasteiger charge is 2.77. The first-order chi connectivity index (χ1) is 18.6. The normalized spacial score (nSPS) is 30.4. The van der Waals surface area contributed by atoms with Crippen molar-refractivity contribution in [2.24, 2.45) is 23.2 Å². The first-order valence-corrected chi connectivity index (χ1v) is 16.3. The van der Waals surface area contributed by atoms with Crippen molar-refractivity contribution in [2.75, 3.05) is 19.8 Å². The van der Waals surface area contributed by atoms with Gasteiger partial charge < -0.3 is 19.6 Å². The fourth-order valence-electron chi connectivity index (χ4n) is 7.47. The largest absolute Gasteiger partial charge is 0.465 e. The van der Waals surface area contributed by atoms with Crippen LogP contribution in [0.4, 0.5) is 0 Å². The Morgan fingerprint density at radius 2 is 1.90 bits per heavy atom. The summed E-state index contributed by atoms with van der Waals surface area (Å²) in [6, 6.07) is -1.33. The van der Waals surface area contributed by atoms with Crippen LogP contribution in [-0.4, -0.2) is 84.9 Å². The SMILES string of the molecule is C=CCCOC(=O)[C@H]1[C@H]2C(=O)N([C@@H](CO)CC(C)C)C(C(=O)N(CC=C)C(C)(C)CC(C)(C)C)C23CC(Br)[C@@H]1S3. The van der Waals surface area contributed by atoms with Gasteiger partial charge in [0.15, 0.2) is 0 Å². The summed E-state index contributed by atoms with van der Waals surface area (Å²) >= 11 is 5.41. The third kappa shape index (κ3) is 6.22. The molecule has 3 heterocycles. The number of ether oxygens (including phenoxy) is 1. The average Bonchev–Trinajstić information content (AvgIpc) is 3.42. The molecule has 7 atom stereocenters. The Bertz CT molecular complexity index is 995. The van der Waals surface area contributed by atoms with Crippen LogP contribution in [-0.2, 0) is 19.1 Å². The number of carbonyl (C=O) groups excluding carboxylic acids is 3. The van der Waals surface area contributed by atoms with E-state index in [-0.39, 0.29) is 46.4 Å². The number of carbonyl (C=O) groups is 3. The predicted octanol–water partition coefficient (Wildman–Crippen LogP) is 5.21. The first-order valence-electron chi connectivity index (χ1n) is 14.5. The number of aliphatic hydroxyl groups excluding tert-OH is 1. The molecule has 3 rings (SSSR count). The summed E-state index contributed by atoms with van der Waals surface area (Å²) in [5.74, 6) is -1.88. The Kier molecular flexibility index (Phi) is 10.4. The lowest BCUT2D eigenvalue weighted by Gasteiger charge is -2.47. The van der Waals surface area contributed by atoms with Crippen molar-refractivity contribution in [3.8, 4) is 0 Å². The minimum absolute atomic E-state index is 0.0394. The van der Waals surface area contributed by atoms with Gasteiger partial charge >= 0.3 is 5.97 Å². The highest BCUT2D eigenvalue weighted by atomic mass is 79.9. The van der Waals surface area contributed by atoms with E-state index in [1.54, 1.807) is 28.8 Å². The maximum absolute atomic E-state index is 14.9. The van der Waals surface area contributed by atoms with Gasteiger partial charge in [0, 0.05) is 22.2 Å². The molecule has 0 radical (unpaired) electrons. The van der Waals surface area contributed by atoms with Gasteiger partial charge in [0.2, 0.25) is 11.8 Å². The zero-order valence-electron chi connectivity index (χ0n) is 25.3. The van der Waals surface area contributed by atoms with Crippen LogP contribution in [0, 0.1) is 23.2 Å². The number of amides is 2. The van der Waals surface area contributed by atoms with E-state index in [1.165, 1.54) is 0 Å². The number of nitrogens with zero attached hydrogens (tertiary/aromatic N) is 2. The van der Waals surface area contributed by atoms with Gasteiger partial charge in [0.1, 0.15) is 6.04 Å². The van der Waals surface area contributed by atoms with Crippen LogP contribution in [0.1, 0.15) is 74.1 Å². The minimum Gasteiger partial charge on any atom is -0.465 e. The number of thioether (sulfide) groups is 1. The van der Waals surface area contributed by atoms with E-state index in [0.717, 1.165) is 6.42 Å². The maximum Gasteiger partial charge on any atom is 0.310 e. The van der Waals surface area contributed by atoms with Crippen LogP contribution in [0.15, 0.2) is 25.3 Å². The molecule has 2 amide bonds. The van der Waals surface area contributed by atoms with Crippen LogP contribution in [0.2, 0.25) is 0 Å². The van der Waals surface area contributed by atoms with Crippen molar-refractivity contribution in [1.29, 1.82) is 0 Å². The summed E-state index contributed by atoms with van der Waals surface area (Å²) in [5, 5.41) is 10.4. The quantitative estimate of drug-likeness (QED) is 0.129. The Morgan fingerprint density at radius 1 is 1.25 bits per heavy atom. The molecule has 226 valence electrons. The number of likely N-dealkylation sites (tertiary alicyclic amines) is 1. The second-order valence-corrected chi connectivity index (χ2v) is 16.6. The molecule has 1 spiro atoms. The van der Waals surface area contributed by atoms with Crippen molar-refractivity contribution >= 4 is 45.5 Å². The van der Waals surface area contributed by atoms with Gasteiger partial charge in [-0.25, -0.2) is 0 Å². The molecule has 0 aliphatic carbocycles. The number of alkyl halides is 1. The summed E-state index contributed by atoms with van der Waals surface area (Å²) in [6.07, 6.45) is 5.86. The number of hydrogen-bond acceptors (Lipinski definition) is 6. The fraction of sp³-hybridized carbons (Fsp3) is 0.774. The van der Waals surface area contributed by atoms with Crippen LogP contribution in [0.25, 0.3) is 0 Å². The van der Waals surface area contributed by atoms with E-state index in [9.17, 15) is 19.5 Å². The summed E-state index contributed by atoms with van der Waals surface area (Å²) in [4.78, 5) is 46.3. The third-order valence-corrected chi connectivity index (χ3v) is 11.6. The molecule has 40 heavy (non-hydrogen) atoms. The molecule has 3 aliphatic heterocycles. The number of halogens is 1. The van der Waals surface area contributed by atoms with Gasteiger partial charge in [-0.1, -0.05) is 62.7 Å². The zero-order valence-corrected chi connectivity index (χ0v) is 27.7. The van der Waals surface area contributed by atoms with E-state index in [1.807, 2.05) is 18.7 Å². The molecule has 0 saturated carbocycles. The van der Waals surface area contributed by atoms with Crippen LogP contribution in [0.3, 0.4) is 0 Å². The summed E-state index contributed by atoms with van der Waals surface area (Å²) in [5.41, 5.74) is -0.555. The predicted molar refractivity (Wildman–Crippen MR) is 165 cm³/mol. The zero-order chi connectivity index (χ0) is 30.2. The Morgan fingerprint density at radius 3 is 2.42 bits per heavy atom. The molecular formula is C31H49BrN2O5S. The molecule has 2 bridgehead atoms. The third-order valence-electron chi connectivity index (χ3n) is 8.42. The minimum atomic E-state index is -0.805. The standard InChI is InChI=1S/C31H49BrN2O5S/c1-10-12-14-39-28(38)22-23-26(36)34(20(17-35)15-19(3)4)25(31(23)16-21(32)24(22)40-31)27(37)33(13-11-2)30(8,9)18-29(5,6)7/h10-11,19-25,35H,1-2,12-18H2,3-9H3/t20-,21?,22+,23+,24+,25?,31?/m1/s1. The summed E-state index contributed by atoms with van der Waals surface area (Å²) in [6.45, 7) is 22.6. The molecule has 0 aromatic rings. The van der Waals surface area contributed by atoms with E-state index in [0.29, 0.717) is 25.8 Å². The Balaban J connectivity index is 2.14. The van der Waals surface area contributed by atoms with Crippen molar-refractivity contribution in [3.05, 3.63) is 25.3 Å². The van der Waals surface area contributed by atoms with Crippen molar-refractivity contribution in [2.45, 2.75) is 107 Å². The van der Waals surface area contributed by atoms with E-state index >= 15 is 0 Å². The number of aliphatic hydroxyl groups is 1. The van der Waals surface area contributed by atoms with E-state index in [4.69, 9.17) is 4.74 Å². The van der Waals surface area contributed by atoms with Gasteiger partial charge in [0.05, 0.1) is 35.8 Å². The molecule has 7 nitrogen and oxygen atoms in total. The highest BCUT2D eigenvalue weighted by molar-refractivity contribution is 9.09. The number of hydrogen-bond donors (Lipinski definition) is 1. The molecule has 3 unspecified atom stereocenters. The van der Waals surface area contributed by atoms with E-state index in [2.05, 4.69) is 63.7 Å². The van der Waals surface area contributed by atoms with E-state index < -0.39 is 40.2 Å². The van der Waals surface area contributed by atoms with Gasteiger partial charge in [0.25, 0.3) is 0 Å². The van der Waals surface area contributed by atoms with Crippen molar-refractivity contribution in [1.82, 2.24) is 9.80 Å². The van der Waals surface area contributed by atoms with Crippen LogP contribution >= 0.6 is 27.7 Å². The van der Waals surface area contributed by atoms with Crippen LogP contribution in [0.5, 0.6) is 0 Å². The van der Waals surface area contributed by atoms with Gasteiger partial charge in [-0.3, -0.25) is 14.4 Å². The molecule has 3 aliphatic rings. The molecule has 3 saturated heterocycles. The summed E-state index contributed by atoms with van der Waals surface area (Å²) < 4.78 is 4.83. The second-order valence-electron chi connectivity index (χ2n) is 13.9.